The lowest BCUT2D eigenvalue weighted by atomic mass is 9.56. The SMILES string of the molecule is CS(=O)(=O)N1CCN(Cc2ccc(F)cc2[C@H]2NC(=O)C[C@@H](C3C=C(Cl)C=CC3)[C@]23C(=O)Nc2cc(Cl)ccc23)CC1. The third-order valence-corrected chi connectivity index (χ3v) is 10.8. The highest BCUT2D eigenvalue weighted by Crippen LogP contribution is 2.57. The number of nitrogens with zero attached hydrogens (tertiary/aromatic N) is 2. The van der Waals surface area contributed by atoms with Crippen molar-refractivity contribution < 1.29 is 22.4 Å². The molecule has 0 radical (unpaired) electrons. The highest BCUT2D eigenvalue weighted by molar-refractivity contribution is 7.88. The lowest BCUT2D eigenvalue weighted by molar-refractivity contribution is -0.135. The van der Waals surface area contributed by atoms with Crippen LogP contribution in [0.3, 0.4) is 0 Å². The van der Waals surface area contributed by atoms with E-state index in [4.69, 9.17) is 23.2 Å². The molecule has 2 fully saturated rings. The summed E-state index contributed by atoms with van der Waals surface area (Å²) in [6.07, 6.45) is 7.54. The van der Waals surface area contributed by atoms with E-state index in [-0.39, 0.29) is 24.2 Å². The van der Waals surface area contributed by atoms with Gasteiger partial charge in [0.15, 0.2) is 0 Å². The lowest BCUT2D eigenvalue weighted by Gasteiger charge is -2.49. The number of anilines is 1. The molecule has 6 rings (SSSR count). The molecule has 0 bridgehead atoms. The number of rotatable bonds is 5. The smallest absolute Gasteiger partial charge is 0.237 e. The van der Waals surface area contributed by atoms with Gasteiger partial charge < -0.3 is 10.6 Å². The number of fused-ring (bicyclic) bond motifs is 2. The summed E-state index contributed by atoms with van der Waals surface area (Å²) in [5.74, 6) is -1.70. The Morgan fingerprint density at radius 3 is 2.55 bits per heavy atom. The Hall–Kier alpha value is -2.76. The first kappa shape index (κ1) is 29.3. The number of sulfonamides is 1. The van der Waals surface area contributed by atoms with Gasteiger partial charge in [-0.3, -0.25) is 14.5 Å². The quantitative estimate of drug-likeness (QED) is 0.512. The fraction of sp³-hybridized carbons (Fsp3) is 0.400. The van der Waals surface area contributed by atoms with E-state index in [1.165, 1.54) is 22.7 Å². The van der Waals surface area contributed by atoms with Gasteiger partial charge in [-0.1, -0.05) is 47.5 Å². The molecule has 2 amide bonds. The fourth-order valence-electron chi connectivity index (χ4n) is 7.09. The first-order valence-electron chi connectivity index (χ1n) is 13.9. The second-order valence-electron chi connectivity index (χ2n) is 11.5. The standard InChI is InChI=1S/C30H31Cl2FN4O4S/c1-42(40,41)37-11-9-36(10-12-37)17-19-5-7-22(33)15-23(19)28-30(24-8-6-21(32)14-26(24)34-29(30)39)25(16-27(38)35-28)18-3-2-4-20(31)13-18/h2,4-8,13-15,18,25,28H,3,9-12,16-17H2,1H3,(H,34,39)(H,35,38)/t18?,25-,28+,30-/m0/s1. The number of nitrogens with one attached hydrogen (secondary N) is 2. The minimum Gasteiger partial charge on any atom is -0.348 e. The second kappa shape index (κ2) is 11.1. The van der Waals surface area contributed by atoms with Crippen LogP contribution in [0, 0.1) is 17.7 Å². The summed E-state index contributed by atoms with van der Waals surface area (Å²) in [7, 11) is -3.30. The second-order valence-corrected chi connectivity index (χ2v) is 14.3. The predicted octanol–water partition coefficient (Wildman–Crippen LogP) is 4.32. The van der Waals surface area contributed by atoms with Gasteiger partial charge in [-0.2, -0.15) is 4.31 Å². The van der Waals surface area contributed by atoms with E-state index in [0.717, 1.165) is 5.56 Å². The number of hydrogen-bond donors (Lipinski definition) is 2. The molecule has 42 heavy (non-hydrogen) atoms. The van der Waals surface area contributed by atoms with Crippen LogP contribution in [0.1, 0.15) is 35.6 Å². The number of benzene rings is 2. The Bertz CT molecular complexity index is 1620. The minimum atomic E-state index is -3.30. The molecule has 1 unspecified atom stereocenters. The zero-order chi connectivity index (χ0) is 29.8. The van der Waals surface area contributed by atoms with Crippen LogP contribution in [0.4, 0.5) is 10.1 Å². The molecule has 222 valence electrons. The van der Waals surface area contributed by atoms with E-state index in [1.807, 2.05) is 24.3 Å². The summed E-state index contributed by atoms with van der Waals surface area (Å²) in [6.45, 7) is 2.08. The Balaban J connectivity index is 1.46. The maximum absolute atomic E-state index is 15.0. The van der Waals surface area contributed by atoms with Gasteiger partial charge in [0.05, 0.1) is 12.3 Å². The van der Waals surface area contributed by atoms with Gasteiger partial charge >= 0.3 is 0 Å². The summed E-state index contributed by atoms with van der Waals surface area (Å²) in [6, 6.07) is 8.83. The van der Waals surface area contributed by atoms with E-state index in [2.05, 4.69) is 15.5 Å². The van der Waals surface area contributed by atoms with Crippen molar-refractivity contribution in [1.82, 2.24) is 14.5 Å². The average molecular weight is 634 g/mol. The molecular formula is C30H31Cl2FN4O4S. The van der Waals surface area contributed by atoms with Crippen LogP contribution in [0.15, 0.2) is 59.7 Å². The van der Waals surface area contributed by atoms with E-state index in [9.17, 15) is 18.0 Å². The van der Waals surface area contributed by atoms with Crippen molar-refractivity contribution in [2.75, 3.05) is 37.8 Å². The zero-order valence-corrected chi connectivity index (χ0v) is 25.3. The molecule has 3 aliphatic heterocycles. The molecule has 2 aromatic rings. The molecule has 0 aromatic heterocycles. The van der Waals surface area contributed by atoms with Crippen molar-refractivity contribution in [2.24, 2.45) is 11.8 Å². The summed E-state index contributed by atoms with van der Waals surface area (Å²) < 4.78 is 40.5. The van der Waals surface area contributed by atoms with Crippen LogP contribution >= 0.6 is 23.2 Å². The molecule has 4 aliphatic rings. The van der Waals surface area contributed by atoms with Gasteiger partial charge in [-0.25, -0.2) is 12.8 Å². The Morgan fingerprint density at radius 2 is 1.83 bits per heavy atom. The number of allylic oxidation sites excluding steroid dienone is 4. The molecule has 2 N–H and O–H groups in total. The van der Waals surface area contributed by atoms with Gasteiger partial charge in [-0.15, -0.1) is 0 Å². The van der Waals surface area contributed by atoms with E-state index in [0.29, 0.717) is 66.0 Å². The first-order chi connectivity index (χ1) is 20.0. The highest BCUT2D eigenvalue weighted by Gasteiger charge is 2.62. The lowest BCUT2D eigenvalue weighted by Crippen LogP contribution is -2.59. The molecule has 2 saturated heterocycles. The maximum Gasteiger partial charge on any atom is 0.237 e. The Labute approximate surface area is 254 Å². The average Bonchev–Trinajstić information content (AvgIpc) is 3.21. The topological polar surface area (TPSA) is 98.8 Å². The minimum absolute atomic E-state index is 0.0866. The predicted molar refractivity (Wildman–Crippen MR) is 160 cm³/mol. The van der Waals surface area contributed by atoms with Crippen molar-refractivity contribution in [3.05, 3.63) is 87.2 Å². The largest absolute Gasteiger partial charge is 0.348 e. The number of piperazine rings is 1. The van der Waals surface area contributed by atoms with E-state index in [1.54, 1.807) is 18.2 Å². The van der Waals surface area contributed by atoms with Gasteiger partial charge in [-0.05, 0) is 65.3 Å². The van der Waals surface area contributed by atoms with Crippen LogP contribution in [0.5, 0.6) is 0 Å². The van der Waals surface area contributed by atoms with Crippen molar-refractivity contribution >= 4 is 50.7 Å². The first-order valence-corrected chi connectivity index (χ1v) is 16.5. The van der Waals surface area contributed by atoms with Gasteiger partial charge in [0.25, 0.3) is 0 Å². The molecule has 1 spiro atoms. The zero-order valence-electron chi connectivity index (χ0n) is 22.9. The molecule has 3 heterocycles. The number of halogens is 3. The van der Waals surface area contributed by atoms with Crippen LogP contribution < -0.4 is 10.6 Å². The molecule has 1 aliphatic carbocycles. The van der Waals surface area contributed by atoms with E-state index >= 15 is 4.39 Å². The highest BCUT2D eigenvalue weighted by atomic mass is 35.5. The maximum atomic E-state index is 15.0. The fourth-order valence-corrected chi connectivity index (χ4v) is 8.34. The third kappa shape index (κ3) is 5.17. The normalized spacial score (nSPS) is 28.4. The summed E-state index contributed by atoms with van der Waals surface area (Å²) in [5, 5.41) is 7.10. The van der Waals surface area contributed by atoms with Gasteiger partial charge in [0, 0.05) is 54.9 Å². The number of piperidine rings is 1. The van der Waals surface area contributed by atoms with Crippen LogP contribution in [-0.4, -0.2) is 61.9 Å². The molecule has 4 atom stereocenters. The Morgan fingerprint density at radius 1 is 1.07 bits per heavy atom. The van der Waals surface area contributed by atoms with Gasteiger partial charge in [0.2, 0.25) is 21.8 Å². The van der Waals surface area contributed by atoms with Gasteiger partial charge in [0.1, 0.15) is 11.2 Å². The monoisotopic (exact) mass is 632 g/mol. The summed E-state index contributed by atoms with van der Waals surface area (Å²) in [5.41, 5.74) is 1.26. The van der Waals surface area contributed by atoms with Crippen molar-refractivity contribution in [1.29, 1.82) is 0 Å². The summed E-state index contributed by atoms with van der Waals surface area (Å²) >= 11 is 12.7. The van der Waals surface area contributed by atoms with Crippen molar-refractivity contribution in [3.63, 3.8) is 0 Å². The van der Waals surface area contributed by atoms with Crippen LogP contribution in [0.2, 0.25) is 5.02 Å². The van der Waals surface area contributed by atoms with Crippen molar-refractivity contribution in [2.45, 2.75) is 30.8 Å². The van der Waals surface area contributed by atoms with Crippen LogP contribution in [0.25, 0.3) is 0 Å². The van der Waals surface area contributed by atoms with Crippen molar-refractivity contribution in [3.8, 4) is 0 Å². The molecule has 12 heteroatoms. The number of carbonyl (C=O) groups excluding carboxylic acids is 2. The summed E-state index contributed by atoms with van der Waals surface area (Å²) in [4.78, 5) is 29.8. The number of amides is 2. The number of hydrogen-bond acceptors (Lipinski definition) is 5. The number of carbonyl (C=O) groups is 2. The molecule has 2 aromatic carbocycles. The third-order valence-electron chi connectivity index (χ3n) is 8.99. The van der Waals surface area contributed by atoms with Crippen LogP contribution in [-0.2, 0) is 31.6 Å². The molecule has 8 nitrogen and oxygen atoms in total. The van der Waals surface area contributed by atoms with E-state index < -0.39 is 33.2 Å². The molecule has 0 saturated carbocycles. The Kier molecular flexibility index (Phi) is 7.72. The molecular weight excluding hydrogens is 602 g/mol.